The van der Waals surface area contributed by atoms with Crippen LogP contribution >= 0.6 is 0 Å². The number of nitrogens with zero attached hydrogens (tertiary/aromatic N) is 1. The number of benzene rings is 1. The Morgan fingerprint density at radius 1 is 1.35 bits per heavy atom. The first-order valence-corrected chi connectivity index (χ1v) is 6.01. The highest BCUT2D eigenvalue weighted by molar-refractivity contribution is 5.72. The molecule has 0 heterocycles. The quantitative estimate of drug-likeness (QED) is 0.709. The van der Waals surface area contributed by atoms with Crippen molar-refractivity contribution in [1.82, 2.24) is 4.90 Å². The van der Waals surface area contributed by atoms with Crippen molar-refractivity contribution in [3.05, 3.63) is 35.9 Å². The maximum absolute atomic E-state index is 11.4. The first-order valence-electron chi connectivity index (χ1n) is 6.01. The molecule has 1 aromatic rings. The minimum absolute atomic E-state index is 0.0799. The summed E-state index contributed by atoms with van der Waals surface area (Å²) < 4.78 is 4.74. The molecule has 3 heteroatoms. The van der Waals surface area contributed by atoms with Crippen LogP contribution in [0, 0.1) is 5.92 Å². The average Bonchev–Trinajstić information content (AvgIpc) is 2.38. The maximum atomic E-state index is 11.4. The summed E-state index contributed by atoms with van der Waals surface area (Å²) in [6.07, 6.45) is 0. The van der Waals surface area contributed by atoms with Gasteiger partial charge in [-0.15, -0.1) is 0 Å². The molecule has 1 atom stereocenters. The largest absolute Gasteiger partial charge is 0.469 e. The van der Waals surface area contributed by atoms with Crippen molar-refractivity contribution in [2.24, 2.45) is 5.92 Å². The molecule has 0 N–H and O–H groups in total. The van der Waals surface area contributed by atoms with Crippen molar-refractivity contribution in [2.75, 3.05) is 20.2 Å². The fourth-order valence-electron chi connectivity index (χ4n) is 1.81. The van der Waals surface area contributed by atoms with Crippen molar-refractivity contribution >= 4 is 5.97 Å². The third-order valence-electron chi connectivity index (χ3n) is 2.83. The minimum Gasteiger partial charge on any atom is -0.469 e. The summed E-state index contributed by atoms with van der Waals surface area (Å²) >= 11 is 0. The molecule has 1 aromatic carbocycles. The van der Waals surface area contributed by atoms with Crippen molar-refractivity contribution in [3.63, 3.8) is 0 Å². The first-order chi connectivity index (χ1) is 8.17. The normalized spacial score (nSPS) is 12.5. The molecule has 0 saturated carbocycles. The second kappa shape index (κ2) is 7.07. The van der Waals surface area contributed by atoms with E-state index in [1.807, 2.05) is 25.1 Å². The summed E-state index contributed by atoms with van der Waals surface area (Å²) in [4.78, 5) is 13.6. The third-order valence-corrected chi connectivity index (χ3v) is 2.83. The molecule has 0 radical (unpaired) electrons. The highest BCUT2D eigenvalue weighted by Crippen LogP contribution is 2.08. The van der Waals surface area contributed by atoms with Crippen LogP contribution in [-0.4, -0.2) is 31.1 Å². The summed E-state index contributed by atoms with van der Waals surface area (Å²) in [7, 11) is 1.44. The molecule has 0 aromatic heterocycles. The number of hydrogen-bond acceptors (Lipinski definition) is 3. The summed E-state index contributed by atoms with van der Waals surface area (Å²) in [6.45, 7) is 6.54. The van der Waals surface area contributed by atoms with Crippen LogP contribution in [0.5, 0.6) is 0 Å². The molecule has 0 bridgehead atoms. The van der Waals surface area contributed by atoms with Crippen LogP contribution in [-0.2, 0) is 16.1 Å². The number of carbonyl (C=O) groups is 1. The Hall–Kier alpha value is -1.35. The van der Waals surface area contributed by atoms with Crippen molar-refractivity contribution in [2.45, 2.75) is 20.4 Å². The Bertz CT molecular complexity index is 337. The predicted octanol–water partition coefficient (Wildman–Crippen LogP) is 2.32. The van der Waals surface area contributed by atoms with E-state index in [1.54, 1.807) is 0 Å². The molecule has 1 unspecified atom stereocenters. The first kappa shape index (κ1) is 13.7. The molecule has 0 aliphatic heterocycles. The van der Waals surface area contributed by atoms with Crippen LogP contribution < -0.4 is 0 Å². The van der Waals surface area contributed by atoms with Crippen LogP contribution in [0.3, 0.4) is 0 Å². The zero-order valence-corrected chi connectivity index (χ0v) is 10.8. The molecule has 1 rings (SSSR count). The molecule has 0 spiro atoms. The lowest BCUT2D eigenvalue weighted by Crippen LogP contribution is -2.31. The highest BCUT2D eigenvalue weighted by atomic mass is 16.5. The van der Waals surface area contributed by atoms with Gasteiger partial charge < -0.3 is 4.74 Å². The van der Waals surface area contributed by atoms with Gasteiger partial charge in [0.15, 0.2) is 0 Å². The Labute approximate surface area is 103 Å². The molecule has 0 amide bonds. The molecule has 0 fully saturated rings. The van der Waals surface area contributed by atoms with Gasteiger partial charge in [-0.3, -0.25) is 9.69 Å². The third kappa shape index (κ3) is 4.57. The standard InChI is InChI=1S/C14H21NO2/c1-4-15(10-12(2)14(16)17-3)11-13-8-6-5-7-9-13/h5-9,12H,4,10-11H2,1-3H3. The Morgan fingerprint density at radius 3 is 2.53 bits per heavy atom. The molecule has 17 heavy (non-hydrogen) atoms. The fourth-order valence-corrected chi connectivity index (χ4v) is 1.81. The van der Waals surface area contributed by atoms with E-state index < -0.39 is 0 Å². The van der Waals surface area contributed by atoms with E-state index in [0.717, 1.165) is 19.6 Å². The van der Waals surface area contributed by atoms with Gasteiger partial charge in [0.25, 0.3) is 0 Å². The molecule has 94 valence electrons. The van der Waals surface area contributed by atoms with E-state index in [9.17, 15) is 4.79 Å². The predicted molar refractivity (Wildman–Crippen MR) is 68.6 cm³/mol. The van der Waals surface area contributed by atoms with E-state index in [1.165, 1.54) is 12.7 Å². The topological polar surface area (TPSA) is 29.5 Å². The molecular formula is C14H21NO2. The lowest BCUT2D eigenvalue weighted by molar-refractivity contribution is -0.145. The van der Waals surface area contributed by atoms with Crippen LogP contribution in [0.2, 0.25) is 0 Å². The number of methoxy groups -OCH3 is 1. The van der Waals surface area contributed by atoms with Crippen LogP contribution in [0.1, 0.15) is 19.4 Å². The monoisotopic (exact) mass is 235 g/mol. The zero-order chi connectivity index (χ0) is 12.7. The number of esters is 1. The second-order valence-electron chi connectivity index (χ2n) is 4.24. The van der Waals surface area contributed by atoms with E-state index in [-0.39, 0.29) is 11.9 Å². The summed E-state index contributed by atoms with van der Waals surface area (Å²) in [6, 6.07) is 10.3. The lowest BCUT2D eigenvalue weighted by Gasteiger charge is -2.23. The SMILES string of the molecule is CCN(Cc1ccccc1)CC(C)C(=O)OC. The second-order valence-corrected chi connectivity index (χ2v) is 4.24. The van der Waals surface area contributed by atoms with Gasteiger partial charge >= 0.3 is 5.97 Å². The molecule has 3 nitrogen and oxygen atoms in total. The van der Waals surface area contributed by atoms with Crippen LogP contribution in [0.25, 0.3) is 0 Å². The highest BCUT2D eigenvalue weighted by Gasteiger charge is 2.16. The van der Waals surface area contributed by atoms with Gasteiger partial charge in [-0.25, -0.2) is 0 Å². The Morgan fingerprint density at radius 2 is 2.00 bits per heavy atom. The van der Waals surface area contributed by atoms with Gasteiger partial charge in [0.1, 0.15) is 0 Å². The summed E-state index contributed by atoms with van der Waals surface area (Å²) in [5.74, 6) is -0.222. The van der Waals surface area contributed by atoms with E-state index >= 15 is 0 Å². The van der Waals surface area contributed by atoms with E-state index in [0.29, 0.717) is 0 Å². The number of hydrogen-bond donors (Lipinski definition) is 0. The van der Waals surface area contributed by atoms with Gasteiger partial charge in [0, 0.05) is 13.1 Å². The zero-order valence-electron chi connectivity index (χ0n) is 10.8. The fraction of sp³-hybridized carbons (Fsp3) is 0.500. The van der Waals surface area contributed by atoms with Crippen molar-refractivity contribution in [1.29, 1.82) is 0 Å². The number of rotatable bonds is 6. The molecule has 0 saturated heterocycles. The number of ether oxygens (including phenoxy) is 1. The summed E-state index contributed by atoms with van der Waals surface area (Å²) in [5, 5.41) is 0. The van der Waals surface area contributed by atoms with Gasteiger partial charge in [0.2, 0.25) is 0 Å². The number of carbonyl (C=O) groups excluding carboxylic acids is 1. The lowest BCUT2D eigenvalue weighted by atomic mass is 10.1. The molecule has 0 aliphatic carbocycles. The van der Waals surface area contributed by atoms with Crippen molar-refractivity contribution in [3.8, 4) is 0 Å². The van der Waals surface area contributed by atoms with Crippen LogP contribution in [0.4, 0.5) is 0 Å². The van der Waals surface area contributed by atoms with E-state index in [4.69, 9.17) is 4.74 Å². The minimum atomic E-state index is -0.142. The van der Waals surface area contributed by atoms with Gasteiger partial charge in [-0.2, -0.15) is 0 Å². The van der Waals surface area contributed by atoms with Crippen LogP contribution in [0.15, 0.2) is 30.3 Å². The Balaban J connectivity index is 2.52. The van der Waals surface area contributed by atoms with Gasteiger partial charge in [-0.05, 0) is 12.1 Å². The smallest absolute Gasteiger partial charge is 0.309 e. The molecule has 0 aliphatic rings. The van der Waals surface area contributed by atoms with Gasteiger partial charge in [0.05, 0.1) is 13.0 Å². The average molecular weight is 235 g/mol. The summed E-state index contributed by atoms with van der Waals surface area (Å²) in [5.41, 5.74) is 1.27. The Kier molecular flexibility index (Phi) is 5.70. The maximum Gasteiger partial charge on any atom is 0.309 e. The van der Waals surface area contributed by atoms with E-state index in [2.05, 4.69) is 24.0 Å². The van der Waals surface area contributed by atoms with Crippen molar-refractivity contribution < 1.29 is 9.53 Å². The van der Waals surface area contributed by atoms with Gasteiger partial charge in [-0.1, -0.05) is 44.2 Å². The molecular weight excluding hydrogens is 214 g/mol.